The topological polar surface area (TPSA) is 0 Å². The molecular weight excluding hydrogens is 365 g/mol. The second kappa shape index (κ2) is 5.81. The molecule has 0 nitrogen and oxygen atoms in total. The maximum Gasteiger partial charge on any atom is 0.297 e. The maximum absolute atomic E-state index is 3.38. The lowest BCUT2D eigenvalue weighted by Gasteiger charge is -1.94. The van der Waals surface area contributed by atoms with Crippen molar-refractivity contribution in [2.45, 2.75) is 12.6 Å². The summed E-state index contributed by atoms with van der Waals surface area (Å²) in [5, 5.41) is 0. The molecule has 0 aromatic carbocycles. The molecule has 0 aromatic heterocycles. The molecular formula is C2H4B2Br4. The summed E-state index contributed by atoms with van der Waals surface area (Å²) in [4.78, 5) is 0. The summed E-state index contributed by atoms with van der Waals surface area (Å²) < 4.78 is 0.903. The first-order valence-electron chi connectivity index (χ1n) is 2.19. The van der Waals surface area contributed by atoms with Crippen LogP contribution in [0.4, 0.5) is 0 Å². The Balaban J connectivity index is 2.93. The Labute approximate surface area is 83.6 Å². The van der Waals surface area contributed by atoms with Gasteiger partial charge in [-0.2, -0.15) is 0 Å². The van der Waals surface area contributed by atoms with E-state index in [4.69, 9.17) is 0 Å². The van der Waals surface area contributed by atoms with Gasteiger partial charge in [0.15, 0.2) is 0 Å². The van der Waals surface area contributed by atoms with Gasteiger partial charge in [-0.1, -0.05) is 12.6 Å². The van der Waals surface area contributed by atoms with Gasteiger partial charge >= 0.3 is 0 Å². The summed E-state index contributed by atoms with van der Waals surface area (Å²) in [7, 11) is 0. The standard InChI is InChI=1S/C2H4B2Br4/c5-3(6)1-2-4(7)8/h1-2H2. The van der Waals surface area contributed by atoms with Crippen molar-refractivity contribution in [3.8, 4) is 0 Å². The third kappa shape index (κ3) is 8.05. The summed E-state index contributed by atoms with van der Waals surface area (Å²) >= 11 is 13.5. The molecule has 0 aliphatic carbocycles. The van der Waals surface area contributed by atoms with E-state index in [1.165, 1.54) is 0 Å². The fourth-order valence-corrected chi connectivity index (χ4v) is 1.31. The summed E-state index contributed by atoms with van der Waals surface area (Å²) in [5.74, 6) is 0. The Morgan fingerprint density at radius 2 is 1.00 bits per heavy atom. The molecule has 8 heavy (non-hydrogen) atoms. The average Bonchev–Trinajstić information content (AvgIpc) is 1.61. The van der Waals surface area contributed by atoms with Crippen LogP contribution in [0.3, 0.4) is 0 Å². The van der Waals surface area contributed by atoms with Gasteiger partial charge in [-0.3, -0.25) is 0 Å². The van der Waals surface area contributed by atoms with Gasteiger partial charge in [0.1, 0.15) is 0 Å². The van der Waals surface area contributed by atoms with E-state index >= 15 is 0 Å². The van der Waals surface area contributed by atoms with Crippen LogP contribution >= 0.6 is 63.0 Å². The molecule has 6 heteroatoms. The van der Waals surface area contributed by atoms with Gasteiger partial charge in [0.2, 0.25) is 0 Å². The van der Waals surface area contributed by atoms with Crippen LogP contribution in [0, 0.1) is 0 Å². The lowest BCUT2D eigenvalue weighted by molar-refractivity contribution is 1.45. The van der Waals surface area contributed by atoms with Crippen molar-refractivity contribution in [3.05, 3.63) is 0 Å². The Hall–Kier alpha value is 2.05. The van der Waals surface area contributed by atoms with Crippen molar-refractivity contribution in [2.24, 2.45) is 0 Å². The van der Waals surface area contributed by atoms with Crippen LogP contribution in [-0.2, 0) is 0 Å². The van der Waals surface area contributed by atoms with Crippen molar-refractivity contribution in [2.75, 3.05) is 0 Å². The van der Waals surface area contributed by atoms with Gasteiger partial charge in [0, 0.05) is 0 Å². The van der Waals surface area contributed by atoms with E-state index < -0.39 is 0 Å². The third-order valence-electron chi connectivity index (χ3n) is 0.603. The van der Waals surface area contributed by atoms with Crippen LogP contribution in [0.2, 0.25) is 12.6 Å². The molecule has 0 spiro atoms. The predicted molar refractivity (Wildman–Crippen MR) is 56.8 cm³/mol. The second-order valence-corrected chi connectivity index (χ2v) is 8.24. The Morgan fingerprint density at radius 3 is 1.12 bits per heavy atom. The number of hydrogen-bond acceptors (Lipinski definition) is 0. The molecule has 0 N–H and O–H groups in total. The van der Waals surface area contributed by atoms with E-state index in [0.717, 1.165) is 12.6 Å². The van der Waals surface area contributed by atoms with Gasteiger partial charge in [-0.05, 0) is 0 Å². The molecule has 0 unspecified atom stereocenters. The Morgan fingerprint density at radius 1 is 0.750 bits per heavy atom. The first-order chi connectivity index (χ1) is 3.63. The van der Waals surface area contributed by atoms with E-state index in [9.17, 15) is 0 Å². The number of rotatable bonds is 3. The summed E-state index contributed by atoms with van der Waals surface area (Å²) in [5.41, 5.74) is 0. The fourth-order valence-electron chi connectivity index (χ4n) is 0.252. The second-order valence-electron chi connectivity index (χ2n) is 1.36. The molecule has 0 heterocycles. The highest BCUT2D eigenvalue weighted by Crippen LogP contribution is 2.18. The Kier molecular flexibility index (Phi) is 7.29. The van der Waals surface area contributed by atoms with E-state index in [-0.39, 0.29) is 0 Å². The van der Waals surface area contributed by atoms with Crippen molar-refractivity contribution in [1.82, 2.24) is 0 Å². The zero-order valence-corrected chi connectivity index (χ0v) is 10.4. The summed E-state index contributed by atoms with van der Waals surface area (Å²) in [6.45, 7) is 0. The van der Waals surface area contributed by atoms with Crippen LogP contribution in [0.15, 0.2) is 0 Å². The van der Waals surface area contributed by atoms with Crippen LogP contribution in [0.5, 0.6) is 0 Å². The van der Waals surface area contributed by atoms with Crippen molar-refractivity contribution in [1.29, 1.82) is 0 Å². The largest absolute Gasteiger partial charge is 0.297 e. The SMILES string of the molecule is BrB(Br)CCB(Br)Br. The van der Waals surface area contributed by atoms with Crippen LogP contribution in [-0.4, -0.2) is 8.72 Å². The average molecular weight is 369 g/mol. The molecule has 0 aliphatic heterocycles. The number of halogens is 4. The third-order valence-corrected chi connectivity index (χ3v) is 2.43. The van der Waals surface area contributed by atoms with Crippen LogP contribution in [0.25, 0.3) is 0 Å². The lowest BCUT2D eigenvalue weighted by atomic mass is 9.89. The van der Waals surface area contributed by atoms with Gasteiger partial charge in [0.25, 0.3) is 8.72 Å². The number of hydrogen-bond donors (Lipinski definition) is 0. The summed E-state index contributed by atoms with van der Waals surface area (Å²) in [6.07, 6.45) is 2.25. The quantitative estimate of drug-likeness (QED) is 0.668. The van der Waals surface area contributed by atoms with Crippen molar-refractivity contribution < 1.29 is 0 Å². The molecule has 0 amide bonds. The van der Waals surface area contributed by atoms with Gasteiger partial charge in [-0.25, -0.2) is 0 Å². The molecule has 0 aliphatic rings. The van der Waals surface area contributed by atoms with Gasteiger partial charge < -0.3 is 0 Å². The highest BCUT2D eigenvalue weighted by Gasteiger charge is 2.08. The van der Waals surface area contributed by atoms with E-state index in [0.29, 0.717) is 8.72 Å². The minimum atomic E-state index is 0.451. The zero-order chi connectivity index (χ0) is 6.57. The zero-order valence-electron chi connectivity index (χ0n) is 4.08. The molecule has 0 radical (unpaired) electrons. The van der Waals surface area contributed by atoms with Crippen LogP contribution in [0.1, 0.15) is 0 Å². The van der Waals surface area contributed by atoms with E-state index in [1.807, 2.05) is 0 Å². The molecule has 0 atom stereocenters. The highest BCUT2D eigenvalue weighted by molar-refractivity contribution is 9.49. The summed E-state index contributed by atoms with van der Waals surface area (Å²) in [6, 6.07) is 0. The minimum Gasteiger partial charge on any atom is -0.139 e. The normalized spacial score (nSPS) is 9.00. The van der Waals surface area contributed by atoms with Crippen molar-refractivity contribution in [3.63, 3.8) is 0 Å². The molecule has 0 aromatic rings. The molecule has 0 rings (SSSR count). The predicted octanol–water partition coefficient (Wildman–Crippen LogP) is 3.54. The molecule has 0 saturated heterocycles. The molecule has 46 valence electrons. The molecule has 0 saturated carbocycles. The first-order valence-corrected chi connectivity index (χ1v) is 5.85. The maximum atomic E-state index is 3.38. The Bertz CT molecular complexity index is 48.0. The lowest BCUT2D eigenvalue weighted by Crippen LogP contribution is -1.95. The fraction of sp³-hybridized carbons (Fsp3) is 1.00. The molecule has 0 bridgehead atoms. The van der Waals surface area contributed by atoms with Gasteiger partial charge in [0.05, 0.1) is 0 Å². The van der Waals surface area contributed by atoms with Gasteiger partial charge in [-0.15, -0.1) is 63.0 Å². The van der Waals surface area contributed by atoms with E-state index in [1.54, 1.807) is 0 Å². The molecule has 0 fully saturated rings. The minimum absolute atomic E-state index is 0.451. The highest BCUT2D eigenvalue weighted by atomic mass is 79.9. The van der Waals surface area contributed by atoms with E-state index in [2.05, 4.69) is 63.0 Å². The first kappa shape index (κ1) is 10.0. The van der Waals surface area contributed by atoms with Crippen LogP contribution < -0.4 is 0 Å². The van der Waals surface area contributed by atoms with Crippen molar-refractivity contribution >= 4 is 71.7 Å². The smallest absolute Gasteiger partial charge is 0.139 e. The monoisotopic (exact) mass is 366 g/mol.